The van der Waals surface area contributed by atoms with Gasteiger partial charge in [-0.25, -0.2) is 0 Å². The molecular formula is C6H4I2NY-. The van der Waals surface area contributed by atoms with Crippen molar-refractivity contribution < 1.29 is 32.7 Å². The molecule has 0 aliphatic heterocycles. The second-order valence-electron chi connectivity index (χ2n) is 1.56. The maximum absolute atomic E-state index is 5.65. The van der Waals surface area contributed by atoms with E-state index in [1.807, 2.05) is 12.1 Å². The van der Waals surface area contributed by atoms with Gasteiger partial charge in [-0.2, -0.15) is 18.2 Å². The molecule has 0 aromatic heterocycles. The zero-order valence-electron chi connectivity index (χ0n) is 5.07. The van der Waals surface area contributed by atoms with E-state index in [9.17, 15) is 0 Å². The molecule has 10 heavy (non-hydrogen) atoms. The summed E-state index contributed by atoms with van der Waals surface area (Å²) in [6.45, 7) is 0. The fourth-order valence-corrected chi connectivity index (χ4v) is 1.91. The molecule has 0 atom stereocenters. The van der Waals surface area contributed by atoms with Crippen LogP contribution in [0.3, 0.4) is 0 Å². The van der Waals surface area contributed by atoms with Crippen LogP contribution in [0.5, 0.6) is 0 Å². The average molecular weight is 433 g/mol. The van der Waals surface area contributed by atoms with Crippen LogP contribution in [0.4, 0.5) is 5.69 Å². The van der Waals surface area contributed by atoms with Gasteiger partial charge >= 0.3 is 0 Å². The van der Waals surface area contributed by atoms with Gasteiger partial charge in [0.25, 0.3) is 0 Å². The van der Waals surface area contributed by atoms with Crippen LogP contribution < -0.4 is 5.73 Å². The SMILES string of the molecule is Nc1c(I)c[c-]cc1I.[Y]. The van der Waals surface area contributed by atoms with E-state index in [-0.39, 0.29) is 32.7 Å². The Hall–Kier alpha value is 1.58. The second kappa shape index (κ2) is 5.27. The van der Waals surface area contributed by atoms with Crippen molar-refractivity contribution in [2.75, 3.05) is 5.73 Å². The minimum absolute atomic E-state index is 0. The Morgan fingerprint density at radius 2 is 1.60 bits per heavy atom. The Kier molecular flexibility index (Phi) is 6.10. The smallest absolute Gasteiger partial charge is 0 e. The van der Waals surface area contributed by atoms with Gasteiger partial charge in [-0.05, 0) is 0 Å². The molecule has 0 aliphatic carbocycles. The molecule has 0 saturated carbocycles. The second-order valence-corrected chi connectivity index (χ2v) is 3.89. The van der Waals surface area contributed by atoms with Crippen LogP contribution in [0, 0.1) is 13.2 Å². The maximum atomic E-state index is 5.65. The predicted octanol–water partition coefficient (Wildman–Crippen LogP) is 2.28. The van der Waals surface area contributed by atoms with Crippen LogP contribution in [0.15, 0.2) is 12.1 Å². The van der Waals surface area contributed by atoms with Crippen LogP contribution in [-0.4, -0.2) is 0 Å². The summed E-state index contributed by atoms with van der Waals surface area (Å²) in [6.07, 6.45) is 0. The van der Waals surface area contributed by atoms with Crippen molar-refractivity contribution in [3.05, 3.63) is 25.3 Å². The molecule has 0 saturated heterocycles. The summed E-state index contributed by atoms with van der Waals surface area (Å²) < 4.78 is 2.14. The molecule has 0 heterocycles. The van der Waals surface area contributed by atoms with E-state index in [1.165, 1.54) is 0 Å². The molecule has 1 radical (unpaired) electrons. The maximum Gasteiger partial charge on any atom is 0 e. The van der Waals surface area contributed by atoms with Gasteiger partial charge in [0.2, 0.25) is 0 Å². The fraction of sp³-hybridized carbons (Fsp3) is 0. The first-order chi connectivity index (χ1) is 4.22. The third-order valence-corrected chi connectivity index (χ3v) is 2.72. The molecular weight excluding hydrogens is 429 g/mol. The quantitative estimate of drug-likeness (QED) is 0.380. The predicted molar refractivity (Wildman–Crippen MR) is 55.1 cm³/mol. The standard InChI is InChI=1S/C6H4I2N.Y/c7-4-2-1-3-5(8)6(4)9;/h2-3H,9H2;/q-1;. The van der Waals surface area contributed by atoms with E-state index in [2.05, 4.69) is 51.2 Å². The number of benzene rings is 1. The van der Waals surface area contributed by atoms with Crippen LogP contribution >= 0.6 is 45.2 Å². The van der Waals surface area contributed by atoms with E-state index in [1.54, 1.807) is 0 Å². The normalized spacial score (nSPS) is 8.60. The number of hydrogen-bond donors (Lipinski definition) is 1. The Morgan fingerprint density at radius 3 is 1.90 bits per heavy atom. The molecule has 1 nitrogen and oxygen atoms in total. The largest absolute Gasteiger partial charge is 0.417 e. The summed E-state index contributed by atoms with van der Waals surface area (Å²) >= 11 is 4.38. The van der Waals surface area contributed by atoms with Gasteiger partial charge in [0.15, 0.2) is 0 Å². The van der Waals surface area contributed by atoms with Gasteiger partial charge < -0.3 is 5.73 Å². The summed E-state index contributed by atoms with van der Waals surface area (Å²) in [6, 6.07) is 6.72. The minimum atomic E-state index is 0. The zero-order chi connectivity index (χ0) is 6.85. The zero-order valence-corrected chi connectivity index (χ0v) is 12.2. The summed E-state index contributed by atoms with van der Waals surface area (Å²) in [5.41, 5.74) is 6.50. The number of anilines is 1. The van der Waals surface area contributed by atoms with E-state index in [4.69, 9.17) is 5.73 Å². The molecule has 0 spiro atoms. The Balaban J connectivity index is 0.000000810. The number of nitrogens with two attached hydrogens (primary N) is 1. The van der Waals surface area contributed by atoms with Crippen LogP contribution in [0.25, 0.3) is 0 Å². The first-order valence-corrected chi connectivity index (χ1v) is 4.48. The molecule has 0 bridgehead atoms. The Bertz CT molecular complexity index is 207. The molecule has 1 aromatic rings. The number of halogens is 2. The van der Waals surface area contributed by atoms with Crippen molar-refractivity contribution in [1.82, 2.24) is 0 Å². The van der Waals surface area contributed by atoms with Crippen LogP contribution in [0.1, 0.15) is 0 Å². The monoisotopic (exact) mass is 433 g/mol. The summed E-state index contributed by atoms with van der Waals surface area (Å²) in [7, 11) is 0. The third kappa shape index (κ3) is 2.91. The minimum Gasteiger partial charge on any atom is -0.417 e. The average Bonchev–Trinajstić information content (AvgIpc) is 1.83. The topological polar surface area (TPSA) is 26.0 Å². The van der Waals surface area contributed by atoms with E-state index in [0.29, 0.717) is 0 Å². The van der Waals surface area contributed by atoms with Gasteiger partial charge in [0.1, 0.15) is 0 Å². The summed E-state index contributed by atoms with van der Waals surface area (Å²) in [5.74, 6) is 0. The molecule has 1 rings (SSSR count). The molecule has 0 amide bonds. The molecule has 0 aliphatic rings. The number of nitrogen functional groups attached to an aromatic ring is 1. The Morgan fingerprint density at radius 1 is 1.20 bits per heavy atom. The van der Waals surface area contributed by atoms with Crippen molar-refractivity contribution in [3.8, 4) is 0 Å². The number of hydrogen-bond acceptors (Lipinski definition) is 1. The summed E-state index contributed by atoms with van der Waals surface area (Å²) in [5, 5.41) is 0. The van der Waals surface area contributed by atoms with Crippen molar-refractivity contribution >= 4 is 50.9 Å². The van der Waals surface area contributed by atoms with Gasteiger partial charge in [0, 0.05) is 32.7 Å². The van der Waals surface area contributed by atoms with E-state index >= 15 is 0 Å². The van der Waals surface area contributed by atoms with Crippen molar-refractivity contribution in [1.29, 1.82) is 0 Å². The number of rotatable bonds is 0. The fourth-order valence-electron chi connectivity index (χ4n) is 0.458. The van der Waals surface area contributed by atoms with E-state index in [0.717, 1.165) is 12.8 Å². The first kappa shape index (κ1) is 11.6. The Labute approximate surface area is 113 Å². The molecule has 51 valence electrons. The molecule has 2 N–H and O–H groups in total. The van der Waals surface area contributed by atoms with Crippen LogP contribution in [-0.2, 0) is 32.7 Å². The van der Waals surface area contributed by atoms with Crippen molar-refractivity contribution in [2.24, 2.45) is 0 Å². The van der Waals surface area contributed by atoms with Gasteiger partial charge in [-0.15, -0.1) is 45.2 Å². The summed E-state index contributed by atoms with van der Waals surface area (Å²) in [4.78, 5) is 0. The van der Waals surface area contributed by atoms with Crippen molar-refractivity contribution in [2.45, 2.75) is 0 Å². The molecule has 4 heteroatoms. The molecule has 1 aromatic carbocycles. The molecule has 0 unspecified atom stereocenters. The van der Waals surface area contributed by atoms with Crippen molar-refractivity contribution in [3.63, 3.8) is 0 Å². The van der Waals surface area contributed by atoms with Crippen LogP contribution in [0.2, 0.25) is 0 Å². The first-order valence-electron chi connectivity index (χ1n) is 2.32. The third-order valence-electron chi connectivity index (χ3n) is 0.935. The van der Waals surface area contributed by atoms with E-state index < -0.39 is 0 Å². The van der Waals surface area contributed by atoms with Gasteiger partial charge in [-0.1, -0.05) is 12.8 Å². The van der Waals surface area contributed by atoms with Gasteiger partial charge in [-0.3, -0.25) is 0 Å². The molecule has 0 fully saturated rings. The van der Waals surface area contributed by atoms with Gasteiger partial charge in [0.05, 0.1) is 0 Å².